The summed E-state index contributed by atoms with van der Waals surface area (Å²) in [7, 11) is 3.21. The van der Waals surface area contributed by atoms with Crippen molar-refractivity contribution in [1.82, 2.24) is 24.2 Å². The summed E-state index contributed by atoms with van der Waals surface area (Å²) in [6.07, 6.45) is 2.74. The van der Waals surface area contributed by atoms with Crippen LogP contribution >= 0.6 is 0 Å². The minimum atomic E-state index is -0.372. The van der Waals surface area contributed by atoms with Gasteiger partial charge >= 0.3 is 0 Å². The maximum absolute atomic E-state index is 12.5. The molecule has 0 aliphatic heterocycles. The van der Waals surface area contributed by atoms with E-state index in [1.165, 1.54) is 33.7 Å². The van der Waals surface area contributed by atoms with Gasteiger partial charge in [0.25, 0.3) is 5.56 Å². The van der Waals surface area contributed by atoms with E-state index in [9.17, 15) is 14.4 Å². The summed E-state index contributed by atoms with van der Waals surface area (Å²) in [6.45, 7) is 3.56. The quantitative estimate of drug-likeness (QED) is 0.705. The van der Waals surface area contributed by atoms with Crippen molar-refractivity contribution in [1.29, 1.82) is 0 Å². The van der Waals surface area contributed by atoms with E-state index < -0.39 is 0 Å². The van der Waals surface area contributed by atoms with Gasteiger partial charge < -0.3 is 10.2 Å². The number of fused-ring (bicyclic) bond motifs is 1. The molecule has 9 nitrogen and oxygen atoms in total. The zero-order chi connectivity index (χ0) is 20.4. The van der Waals surface area contributed by atoms with Gasteiger partial charge in [-0.2, -0.15) is 5.10 Å². The van der Waals surface area contributed by atoms with Crippen molar-refractivity contribution in [2.75, 3.05) is 18.9 Å². The van der Waals surface area contributed by atoms with Crippen molar-refractivity contribution in [2.45, 2.75) is 20.4 Å². The molecule has 3 aromatic rings. The fourth-order valence-electron chi connectivity index (χ4n) is 2.83. The predicted octanol–water partition coefficient (Wildman–Crippen LogP) is 0.844. The Hall–Kier alpha value is -3.49. The van der Waals surface area contributed by atoms with Crippen LogP contribution < -0.4 is 10.9 Å². The highest BCUT2D eigenvalue weighted by atomic mass is 16.2. The Kier molecular flexibility index (Phi) is 5.25. The number of benzene rings is 1. The van der Waals surface area contributed by atoms with Crippen molar-refractivity contribution in [3.8, 4) is 0 Å². The van der Waals surface area contributed by atoms with Gasteiger partial charge in [0.05, 0.1) is 12.7 Å². The molecule has 2 amide bonds. The Morgan fingerprint density at radius 1 is 1.25 bits per heavy atom. The molecule has 146 valence electrons. The average molecular weight is 382 g/mol. The van der Waals surface area contributed by atoms with E-state index in [0.29, 0.717) is 16.7 Å². The lowest BCUT2D eigenvalue weighted by Crippen LogP contribution is -2.38. The first-order valence-corrected chi connectivity index (χ1v) is 8.75. The van der Waals surface area contributed by atoms with Gasteiger partial charge in [-0.25, -0.2) is 4.98 Å². The SMILES string of the molecule is Cc1cccc(NC(=O)CN(C)C(=O)Cn2cnc3c(cnn3C)c2=O)c1C. The second kappa shape index (κ2) is 7.63. The topological polar surface area (TPSA) is 102 Å². The molecule has 0 aliphatic carbocycles. The third-order valence-electron chi connectivity index (χ3n) is 4.71. The van der Waals surface area contributed by atoms with Gasteiger partial charge in [0.15, 0.2) is 5.65 Å². The van der Waals surface area contributed by atoms with Gasteiger partial charge in [-0.05, 0) is 31.0 Å². The average Bonchev–Trinajstić information content (AvgIpc) is 3.03. The molecule has 1 aromatic carbocycles. The Labute approximate surface area is 161 Å². The molecule has 2 heterocycles. The van der Waals surface area contributed by atoms with Crippen LogP contribution in [-0.4, -0.2) is 49.6 Å². The lowest BCUT2D eigenvalue weighted by atomic mass is 10.1. The number of nitrogens with zero attached hydrogens (tertiary/aromatic N) is 5. The summed E-state index contributed by atoms with van der Waals surface area (Å²) < 4.78 is 2.71. The molecule has 0 radical (unpaired) electrons. The van der Waals surface area contributed by atoms with Gasteiger partial charge in [0.2, 0.25) is 11.8 Å². The van der Waals surface area contributed by atoms with E-state index in [1.807, 2.05) is 32.0 Å². The van der Waals surface area contributed by atoms with Crippen LogP contribution in [0, 0.1) is 13.8 Å². The molecule has 0 spiro atoms. The second-order valence-corrected chi connectivity index (χ2v) is 6.73. The fourth-order valence-corrected chi connectivity index (χ4v) is 2.83. The van der Waals surface area contributed by atoms with Crippen molar-refractivity contribution in [3.05, 3.63) is 52.2 Å². The van der Waals surface area contributed by atoms with Crippen LogP contribution in [0.3, 0.4) is 0 Å². The molecule has 0 bridgehead atoms. The standard InChI is InChI=1S/C19H22N6O3/c1-12-6-5-7-15(13(12)2)22-16(26)9-23(3)17(27)10-25-11-20-18-14(19(25)28)8-21-24(18)4/h5-8,11H,9-10H2,1-4H3,(H,22,26). The van der Waals surface area contributed by atoms with Crippen LogP contribution in [0.2, 0.25) is 0 Å². The van der Waals surface area contributed by atoms with Crippen LogP contribution in [0.4, 0.5) is 5.69 Å². The Balaban J connectivity index is 1.66. The Morgan fingerprint density at radius 3 is 2.75 bits per heavy atom. The highest BCUT2D eigenvalue weighted by molar-refractivity contribution is 5.95. The van der Waals surface area contributed by atoms with Gasteiger partial charge in [0, 0.05) is 19.8 Å². The second-order valence-electron chi connectivity index (χ2n) is 6.73. The number of nitrogens with one attached hydrogen (secondary N) is 1. The van der Waals surface area contributed by atoms with E-state index in [2.05, 4.69) is 15.4 Å². The molecule has 28 heavy (non-hydrogen) atoms. The number of carbonyl (C=O) groups excluding carboxylic acids is 2. The number of hydrogen-bond donors (Lipinski definition) is 1. The lowest BCUT2D eigenvalue weighted by molar-refractivity contribution is -0.133. The summed E-state index contributed by atoms with van der Waals surface area (Å²) in [5.41, 5.74) is 2.87. The van der Waals surface area contributed by atoms with Crippen molar-refractivity contribution < 1.29 is 9.59 Å². The maximum Gasteiger partial charge on any atom is 0.264 e. The number of amides is 2. The number of likely N-dealkylation sites (N-methyl/N-ethyl adjacent to an activating group) is 1. The van der Waals surface area contributed by atoms with Crippen LogP contribution in [0.15, 0.2) is 35.5 Å². The van der Waals surface area contributed by atoms with E-state index in [4.69, 9.17) is 0 Å². The highest BCUT2D eigenvalue weighted by Crippen LogP contribution is 2.17. The molecular weight excluding hydrogens is 360 g/mol. The van der Waals surface area contributed by atoms with Crippen LogP contribution in [0.5, 0.6) is 0 Å². The molecule has 9 heteroatoms. The van der Waals surface area contributed by atoms with Gasteiger partial charge in [0.1, 0.15) is 18.3 Å². The van der Waals surface area contributed by atoms with Crippen molar-refractivity contribution in [3.63, 3.8) is 0 Å². The van der Waals surface area contributed by atoms with Crippen molar-refractivity contribution >= 4 is 28.5 Å². The first-order valence-electron chi connectivity index (χ1n) is 8.75. The fraction of sp³-hybridized carbons (Fsp3) is 0.316. The molecule has 2 aromatic heterocycles. The smallest absolute Gasteiger partial charge is 0.264 e. The number of anilines is 1. The molecule has 0 atom stereocenters. The van der Waals surface area contributed by atoms with E-state index in [0.717, 1.165) is 11.1 Å². The van der Waals surface area contributed by atoms with Gasteiger partial charge in [-0.3, -0.25) is 23.6 Å². The molecule has 3 rings (SSSR count). The van der Waals surface area contributed by atoms with Gasteiger partial charge in [-0.1, -0.05) is 12.1 Å². The number of carbonyl (C=O) groups is 2. The van der Waals surface area contributed by atoms with Crippen LogP contribution in [-0.2, 0) is 23.2 Å². The Bertz CT molecular complexity index is 1110. The minimum Gasteiger partial charge on any atom is -0.335 e. The molecule has 0 saturated heterocycles. The molecular formula is C19H22N6O3. The predicted molar refractivity (Wildman–Crippen MR) is 105 cm³/mol. The summed E-state index contributed by atoms with van der Waals surface area (Å²) in [4.78, 5) is 42.6. The zero-order valence-electron chi connectivity index (χ0n) is 16.3. The lowest BCUT2D eigenvalue weighted by Gasteiger charge is -2.18. The number of aryl methyl sites for hydroxylation is 2. The Morgan fingerprint density at radius 2 is 2.00 bits per heavy atom. The largest absolute Gasteiger partial charge is 0.335 e. The summed E-state index contributed by atoms with van der Waals surface area (Å²) in [5, 5.41) is 7.15. The van der Waals surface area contributed by atoms with E-state index in [1.54, 1.807) is 7.05 Å². The highest BCUT2D eigenvalue weighted by Gasteiger charge is 2.16. The van der Waals surface area contributed by atoms with E-state index >= 15 is 0 Å². The summed E-state index contributed by atoms with van der Waals surface area (Å²) in [5.74, 6) is -0.680. The first kappa shape index (κ1) is 19.3. The first-order chi connectivity index (χ1) is 13.3. The number of hydrogen-bond acceptors (Lipinski definition) is 5. The molecule has 0 saturated carbocycles. The zero-order valence-corrected chi connectivity index (χ0v) is 16.3. The molecule has 0 unspecified atom stereocenters. The maximum atomic E-state index is 12.5. The monoisotopic (exact) mass is 382 g/mol. The van der Waals surface area contributed by atoms with Crippen LogP contribution in [0.1, 0.15) is 11.1 Å². The number of aromatic nitrogens is 4. The summed E-state index contributed by atoms with van der Waals surface area (Å²) in [6, 6.07) is 5.64. The van der Waals surface area contributed by atoms with Crippen molar-refractivity contribution in [2.24, 2.45) is 7.05 Å². The van der Waals surface area contributed by atoms with Crippen LogP contribution in [0.25, 0.3) is 11.0 Å². The number of rotatable bonds is 5. The minimum absolute atomic E-state index is 0.121. The molecule has 1 N–H and O–H groups in total. The van der Waals surface area contributed by atoms with Gasteiger partial charge in [-0.15, -0.1) is 0 Å². The normalized spacial score (nSPS) is 10.9. The summed E-state index contributed by atoms with van der Waals surface area (Å²) >= 11 is 0. The third kappa shape index (κ3) is 3.78. The van der Waals surface area contributed by atoms with E-state index in [-0.39, 0.29) is 30.5 Å². The molecule has 0 fully saturated rings. The third-order valence-corrected chi connectivity index (χ3v) is 4.71. The molecule has 0 aliphatic rings.